The zero-order valence-corrected chi connectivity index (χ0v) is 16.3. The van der Waals surface area contributed by atoms with Crippen LogP contribution in [0.15, 0.2) is 41.9 Å². The molecule has 0 saturated carbocycles. The fourth-order valence-electron chi connectivity index (χ4n) is 3.21. The number of methoxy groups -OCH3 is 1. The maximum Gasteiger partial charge on any atom is 0.337 e. The van der Waals surface area contributed by atoms with Crippen LogP contribution in [0.5, 0.6) is 0 Å². The van der Waals surface area contributed by atoms with Gasteiger partial charge in [-0.3, -0.25) is 9.58 Å². The van der Waals surface area contributed by atoms with Crippen molar-refractivity contribution < 1.29 is 9.53 Å². The minimum absolute atomic E-state index is 0.387. The molecule has 1 unspecified atom stereocenters. The number of hydrogen-bond acceptors (Lipinski definition) is 4. The van der Waals surface area contributed by atoms with E-state index < -0.39 is 6.04 Å². The van der Waals surface area contributed by atoms with E-state index in [1.165, 1.54) is 7.11 Å². The normalized spacial score (nSPS) is 17.3. The number of carbonyl (C=O) groups is 1. The van der Waals surface area contributed by atoms with Gasteiger partial charge >= 0.3 is 5.97 Å². The van der Waals surface area contributed by atoms with Gasteiger partial charge < -0.3 is 10.1 Å². The molecule has 0 bridgehead atoms. The minimum atomic E-state index is -0.398. The first-order chi connectivity index (χ1) is 12.3. The number of thiocarbonyl (C=S) groups is 1. The van der Waals surface area contributed by atoms with Crippen molar-refractivity contribution in [1.82, 2.24) is 15.1 Å². The van der Waals surface area contributed by atoms with Gasteiger partial charge in [0.15, 0.2) is 5.11 Å². The van der Waals surface area contributed by atoms with Crippen molar-refractivity contribution in [3.8, 4) is 0 Å². The smallest absolute Gasteiger partial charge is 0.337 e. The molecule has 3 rings (SSSR count). The Morgan fingerprint density at radius 3 is 2.65 bits per heavy atom. The maximum absolute atomic E-state index is 12.6. The number of allylic oxidation sites excluding steroid dienone is 1. The highest BCUT2D eigenvalue weighted by atomic mass is 32.1. The third-order valence-electron chi connectivity index (χ3n) is 4.55. The van der Waals surface area contributed by atoms with Gasteiger partial charge in [0.25, 0.3) is 0 Å². The zero-order valence-electron chi connectivity index (χ0n) is 15.5. The molecule has 1 aromatic heterocycles. The number of anilines is 1. The molecule has 6 nitrogen and oxygen atoms in total. The summed E-state index contributed by atoms with van der Waals surface area (Å²) in [5.74, 6) is -0.387. The Morgan fingerprint density at radius 2 is 2.04 bits per heavy atom. The summed E-state index contributed by atoms with van der Waals surface area (Å²) in [6.45, 7) is 5.95. The van der Waals surface area contributed by atoms with Crippen LogP contribution in [0, 0.1) is 13.8 Å². The lowest BCUT2D eigenvalue weighted by Gasteiger charge is -2.37. The summed E-state index contributed by atoms with van der Waals surface area (Å²) >= 11 is 5.65. The summed E-state index contributed by atoms with van der Waals surface area (Å²) < 4.78 is 6.75. The van der Waals surface area contributed by atoms with E-state index in [2.05, 4.69) is 22.5 Å². The predicted molar refractivity (Wildman–Crippen MR) is 105 cm³/mol. The van der Waals surface area contributed by atoms with Gasteiger partial charge in [-0.15, -0.1) is 0 Å². The topological polar surface area (TPSA) is 59.4 Å². The van der Waals surface area contributed by atoms with E-state index >= 15 is 0 Å². The molecule has 0 spiro atoms. The summed E-state index contributed by atoms with van der Waals surface area (Å²) in [5, 5.41) is 8.03. The van der Waals surface area contributed by atoms with Gasteiger partial charge in [-0.05, 0) is 50.2 Å². The maximum atomic E-state index is 12.6. The molecule has 0 radical (unpaired) electrons. The zero-order chi connectivity index (χ0) is 19.0. The van der Waals surface area contributed by atoms with Crippen molar-refractivity contribution in [2.45, 2.75) is 26.8 Å². The number of nitrogens with zero attached hydrogens (tertiary/aromatic N) is 3. The van der Waals surface area contributed by atoms with Crippen molar-refractivity contribution in [1.29, 1.82) is 0 Å². The highest BCUT2D eigenvalue weighted by Crippen LogP contribution is 2.35. The number of esters is 1. The molecule has 1 aliphatic heterocycles. The molecule has 1 atom stereocenters. The van der Waals surface area contributed by atoms with Crippen LogP contribution in [0.4, 0.5) is 5.69 Å². The molecule has 1 aliphatic rings. The van der Waals surface area contributed by atoms with E-state index in [4.69, 9.17) is 17.0 Å². The highest BCUT2D eigenvalue weighted by Gasteiger charge is 2.36. The van der Waals surface area contributed by atoms with Gasteiger partial charge in [-0.25, -0.2) is 4.79 Å². The van der Waals surface area contributed by atoms with Gasteiger partial charge in [0, 0.05) is 24.5 Å². The number of hydrogen-bond donors (Lipinski definition) is 1. The van der Waals surface area contributed by atoms with Gasteiger partial charge in [-0.2, -0.15) is 5.10 Å². The van der Waals surface area contributed by atoms with Crippen LogP contribution in [0.3, 0.4) is 0 Å². The van der Waals surface area contributed by atoms with Crippen molar-refractivity contribution in [2.75, 3.05) is 12.0 Å². The molecule has 2 heterocycles. The second-order valence-electron chi connectivity index (χ2n) is 6.45. The number of aromatic nitrogens is 2. The van der Waals surface area contributed by atoms with Crippen molar-refractivity contribution in [3.05, 3.63) is 58.6 Å². The van der Waals surface area contributed by atoms with Crippen LogP contribution < -0.4 is 10.2 Å². The van der Waals surface area contributed by atoms with Gasteiger partial charge in [0.05, 0.1) is 30.6 Å². The van der Waals surface area contributed by atoms with Gasteiger partial charge in [0.1, 0.15) is 0 Å². The quantitative estimate of drug-likeness (QED) is 0.662. The standard InChI is InChI=1S/C19H22N4O2S/c1-11-6-7-12(2)15(8-11)23-13(3)16(18(24)25-5)17(21-19(23)26)14-9-20-22(4)10-14/h6-10,17H,1-5H3,(H,21,26). The Labute approximate surface area is 158 Å². The summed E-state index contributed by atoms with van der Waals surface area (Å²) in [5.41, 5.74) is 5.28. The van der Waals surface area contributed by atoms with E-state index in [0.717, 1.165) is 28.1 Å². The van der Waals surface area contributed by atoms with E-state index in [0.29, 0.717) is 10.7 Å². The average molecular weight is 370 g/mol. The Morgan fingerprint density at radius 1 is 1.31 bits per heavy atom. The molecule has 136 valence electrons. The monoisotopic (exact) mass is 370 g/mol. The van der Waals surface area contributed by atoms with E-state index in [1.54, 1.807) is 10.9 Å². The molecule has 1 aromatic carbocycles. The molecule has 7 heteroatoms. The Bertz CT molecular complexity index is 916. The lowest BCUT2D eigenvalue weighted by Crippen LogP contribution is -2.48. The second kappa shape index (κ2) is 6.92. The second-order valence-corrected chi connectivity index (χ2v) is 6.83. The Balaban J connectivity index is 2.18. The van der Waals surface area contributed by atoms with Crippen LogP contribution in [0.1, 0.15) is 29.7 Å². The molecule has 26 heavy (non-hydrogen) atoms. The van der Waals surface area contributed by atoms with Crippen LogP contribution >= 0.6 is 12.2 Å². The molecule has 0 fully saturated rings. The molecular formula is C19H22N4O2S. The Kier molecular flexibility index (Phi) is 4.82. The Hall–Kier alpha value is -2.67. The first-order valence-electron chi connectivity index (χ1n) is 8.29. The number of ether oxygens (including phenoxy) is 1. The molecule has 1 N–H and O–H groups in total. The van der Waals surface area contributed by atoms with E-state index in [9.17, 15) is 4.79 Å². The summed E-state index contributed by atoms with van der Waals surface area (Å²) in [7, 11) is 3.22. The number of aryl methyl sites for hydroxylation is 3. The first kappa shape index (κ1) is 18.1. The third kappa shape index (κ3) is 3.10. The fourth-order valence-corrected chi connectivity index (χ4v) is 3.56. The van der Waals surface area contributed by atoms with Gasteiger partial charge in [-0.1, -0.05) is 12.1 Å². The fraction of sp³-hybridized carbons (Fsp3) is 0.316. The van der Waals surface area contributed by atoms with Crippen LogP contribution in [0.2, 0.25) is 0 Å². The van der Waals surface area contributed by atoms with Crippen LogP contribution in [-0.2, 0) is 16.6 Å². The molecule has 0 saturated heterocycles. The minimum Gasteiger partial charge on any atom is -0.466 e. The number of rotatable bonds is 3. The summed E-state index contributed by atoms with van der Waals surface area (Å²) in [6, 6.07) is 5.76. The lowest BCUT2D eigenvalue weighted by molar-refractivity contribution is -0.136. The van der Waals surface area contributed by atoms with Crippen LogP contribution in [0.25, 0.3) is 0 Å². The van der Waals surface area contributed by atoms with E-state index in [-0.39, 0.29) is 5.97 Å². The third-order valence-corrected chi connectivity index (χ3v) is 4.85. The molecule has 0 aliphatic carbocycles. The number of nitrogens with one attached hydrogen (secondary N) is 1. The summed E-state index contributed by atoms with van der Waals surface area (Å²) in [4.78, 5) is 14.5. The van der Waals surface area contributed by atoms with Crippen LogP contribution in [-0.4, -0.2) is 28.0 Å². The van der Waals surface area contributed by atoms with Gasteiger partial charge in [0.2, 0.25) is 0 Å². The van der Waals surface area contributed by atoms with Crippen molar-refractivity contribution >= 4 is 29.0 Å². The summed E-state index contributed by atoms with van der Waals surface area (Å²) in [6.07, 6.45) is 3.59. The van der Waals surface area contributed by atoms with E-state index in [1.807, 2.05) is 45.0 Å². The molecule has 0 amide bonds. The average Bonchev–Trinajstić information content (AvgIpc) is 3.03. The first-order valence-corrected chi connectivity index (χ1v) is 8.69. The predicted octanol–water partition coefficient (Wildman–Crippen LogP) is 2.92. The van der Waals surface area contributed by atoms with Crippen molar-refractivity contribution in [3.63, 3.8) is 0 Å². The van der Waals surface area contributed by atoms with Crippen molar-refractivity contribution in [2.24, 2.45) is 7.05 Å². The lowest BCUT2D eigenvalue weighted by atomic mass is 9.96. The molecular weight excluding hydrogens is 348 g/mol. The largest absolute Gasteiger partial charge is 0.466 e. The SMILES string of the molecule is COC(=O)C1=C(C)N(c2cc(C)ccc2C)C(=S)NC1c1cnn(C)c1. The molecule has 2 aromatic rings. The highest BCUT2D eigenvalue weighted by molar-refractivity contribution is 7.80. The number of benzene rings is 1. The number of carbonyl (C=O) groups excluding carboxylic acids is 1.